The van der Waals surface area contributed by atoms with Gasteiger partial charge in [-0.3, -0.25) is 0 Å². The van der Waals surface area contributed by atoms with Crippen LogP contribution < -0.4 is 9.47 Å². The molecule has 0 radical (unpaired) electrons. The maximum Gasteiger partial charge on any atom is 0.317 e. The van der Waals surface area contributed by atoms with E-state index >= 15 is 0 Å². The van der Waals surface area contributed by atoms with Gasteiger partial charge in [0.1, 0.15) is 5.71 Å². The third-order valence-electron chi connectivity index (χ3n) is 3.43. The molecule has 3 nitrogen and oxygen atoms in total. The van der Waals surface area contributed by atoms with Crippen LogP contribution in [0.5, 0.6) is 11.5 Å². The maximum absolute atomic E-state index is 14.5. The minimum absolute atomic E-state index is 0.0743. The molecule has 2 aromatic carbocycles. The molecule has 0 saturated carbocycles. The molecule has 0 spiro atoms. The number of rotatable bonds is 3. The molecule has 1 heterocycles. The van der Waals surface area contributed by atoms with Crippen molar-refractivity contribution < 1.29 is 18.3 Å². The number of halogens is 2. The molecule has 1 aliphatic rings. The molecule has 1 aliphatic heterocycles. The number of alkyl halides is 2. The first-order valence-corrected chi connectivity index (χ1v) is 6.37. The lowest BCUT2D eigenvalue weighted by molar-refractivity contribution is 0.0810. The number of methoxy groups -OCH3 is 2. The van der Waals surface area contributed by atoms with Gasteiger partial charge in [-0.15, -0.1) is 0 Å². The van der Waals surface area contributed by atoms with E-state index in [4.69, 9.17) is 9.47 Å². The van der Waals surface area contributed by atoms with Crippen LogP contribution >= 0.6 is 0 Å². The topological polar surface area (TPSA) is 30.8 Å². The highest BCUT2D eigenvalue weighted by Crippen LogP contribution is 2.45. The zero-order chi connectivity index (χ0) is 15.0. The first kappa shape index (κ1) is 13.5. The molecule has 21 heavy (non-hydrogen) atoms. The van der Waals surface area contributed by atoms with E-state index in [0.29, 0.717) is 22.7 Å². The zero-order valence-corrected chi connectivity index (χ0v) is 11.6. The van der Waals surface area contributed by atoms with Crippen LogP contribution in [0.25, 0.3) is 0 Å². The van der Waals surface area contributed by atoms with E-state index < -0.39 is 5.92 Å². The number of benzene rings is 2. The predicted octanol–water partition coefficient (Wildman–Crippen LogP) is 3.93. The van der Waals surface area contributed by atoms with Crippen LogP contribution in [0.3, 0.4) is 0 Å². The van der Waals surface area contributed by atoms with Crippen LogP contribution in [0.2, 0.25) is 0 Å². The van der Waals surface area contributed by atoms with E-state index in [1.165, 1.54) is 26.4 Å². The summed E-state index contributed by atoms with van der Waals surface area (Å²) in [5.74, 6) is -2.24. The van der Waals surface area contributed by atoms with Crippen molar-refractivity contribution in [1.82, 2.24) is 0 Å². The van der Waals surface area contributed by atoms with E-state index in [0.717, 1.165) is 0 Å². The number of hydrogen-bond acceptors (Lipinski definition) is 3. The van der Waals surface area contributed by atoms with Crippen molar-refractivity contribution in [3.63, 3.8) is 0 Å². The van der Waals surface area contributed by atoms with Gasteiger partial charge in [-0.25, -0.2) is 4.99 Å². The van der Waals surface area contributed by atoms with E-state index in [1.807, 2.05) is 0 Å². The van der Waals surface area contributed by atoms with Crippen molar-refractivity contribution >= 4 is 11.4 Å². The summed E-state index contributed by atoms with van der Waals surface area (Å²) in [4.78, 5) is 4.08. The third kappa shape index (κ3) is 2.05. The predicted molar refractivity (Wildman–Crippen MR) is 76.1 cm³/mol. The van der Waals surface area contributed by atoms with Gasteiger partial charge in [-0.1, -0.05) is 18.2 Å². The molecule has 2 aromatic rings. The number of ether oxygens (including phenoxy) is 2. The van der Waals surface area contributed by atoms with Gasteiger partial charge in [0.05, 0.1) is 25.5 Å². The number of nitrogens with zero attached hydrogens (tertiary/aromatic N) is 1. The molecule has 0 bridgehead atoms. The van der Waals surface area contributed by atoms with Crippen LogP contribution in [0.1, 0.15) is 11.1 Å². The first-order valence-electron chi connectivity index (χ1n) is 6.37. The van der Waals surface area contributed by atoms with Gasteiger partial charge < -0.3 is 9.47 Å². The van der Waals surface area contributed by atoms with Gasteiger partial charge >= 0.3 is 5.92 Å². The molecular formula is C16H13F2NO2. The Morgan fingerprint density at radius 2 is 1.67 bits per heavy atom. The highest BCUT2D eigenvalue weighted by molar-refractivity contribution is 6.11. The average molecular weight is 289 g/mol. The number of fused-ring (bicyclic) bond motifs is 1. The summed E-state index contributed by atoms with van der Waals surface area (Å²) in [5, 5.41) is 0. The number of aliphatic imine (C=N–C) groups is 1. The largest absolute Gasteiger partial charge is 0.493 e. The van der Waals surface area contributed by atoms with Gasteiger partial charge in [0, 0.05) is 5.56 Å². The van der Waals surface area contributed by atoms with Crippen LogP contribution in [-0.2, 0) is 5.92 Å². The molecule has 5 heteroatoms. The van der Waals surface area contributed by atoms with Gasteiger partial charge in [0.15, 0.2) is 11.5 Å². The van der Waals surface area contributed by atoms with Gasteiger partial charge in [-0.05, 0) is 24.3 Å². The molecule has 108 valence electrons. The fourth-order valence-corrected chi connectivity index (χ4v) is 2.38. The molecule has 3 rings (SSSR count). The van der Waals surface area contributed by atoms with Crippen molar-refractivity contribution in [2.24, 2.45) is 4.99 Å². The Morgan fingerprint density at radius 1 is 0.952 bits per heavy atom. The molecular weight excluding hydrogens is 276 g/mol. The monoisotopic (exact) mass is 289 g/mol. The Balaban J connectivity index is 2.10. The van der Waals surface area contributed by atoms with Gasteiger partial charge in [0.2, 0.25) is 0 Å². The summed E-state index contributed by atoms with van der Waals surface area (Å²) < 4.78 is 39.3. The quantitative estimate of drug-likeness (QED) is 0.857. The minimum Gasteiger partial charge on any atom is -0.493 e. The van der Waals surface area contributed by atoms with Crippen molar-refractivity contribution in [1.29, 1.82) is 0 Å². The zero-order valence-electron chi connectivity index (χ0n) is 11.6. The van der Waals surface area contributed by atoms with E-state index in [1.54, 1.807) is 30.3 Å². The molecule has 0 N–H and O–H groups in total. The molecule has 0 amide bonds. The van der Waals surface area contributed by atoms with Gasteiger partial charge in [0.25, 0.3) is 0 Å². The fourth-order valence-electron chi connectivity index (χ4n) is 2.38. The summed E-state index contributed by atoms with van der Waals surface area (Å²) in [7, 11) is 2.96. The molecule has 0 saturated heterocycles. The average Bonchev–Trinajstić information content (AvgIpc) is 2.78. The summed E-state index contributed by atoms with van der Waals surface area (Å²) in [6.07, 6.45) is 0. The Bertz CT molecular complexity index is 726. The highest BCUT2D eigenvalue weighted by atomic mass is 19.3. The summed E-state index contributed by atoms with van der Waals surface area (Å²) in [6.45, 7) is 0. The number of hydrogen-bond donors (Lipinski definition) is 0. The van der Waals surface area contributed by atoms with Crippen molar-refractivity contribution in [3.8, 4) is 11.5 Å². The lowest BCUT2D eigenvalue weighted by Crippen LogP contribution is -2.23. The number of para-hydroxylation sites is 1. The van der Waals surface area contributed by atoms with Crippen molar-refractivity contribution in [3.05, 3.63) is 53.6 Å². The SMILES string of the molecule is COc1ccc(C2=Nc3ccccc3C2(F)F)cc1OC. The van der Waals surface area contributed by atoms with Crippen LogP contribution in [0.4, 0.5) is 14.5 Å². The minimum atomic E-state index is -3.11. The second kappa shape index (κ2) is 4.84. The van der Waals surface area contributed by atoms with Crippen molar-refractivity contribution in [2.45, 2.75) is 5.92 Å². The highest BCUT2D eigenvalue weighted by Gasteiger charge is 2.45. The van der Waals surface area contributed by atoms with Crippen LogP contribution in [-0.4, -0.2) is 19.9 Å². The second-order valence-corrected chi connectivity index (χ2v) is 4.62. The summed E-state index contributed by atoms with van der Waals surface area (Å²) in [6, 6.07) is 10.9. The molecule has 0 aromatic heterocycles. The Hall–Kier alpha value is -2.43. The Morgan fingerprint density at radius 3 is 2.33 bits per heavy atom. The smallest absolute Gasteiger partial charge is 0.317 e. The fraction of sp³-hybridized carbons (Fsp3) is 0.188. The van der Waals surface area contributed by atoms with Crippen LogP contribution in [0, 0.1) is 0 Å². The Kier molecular flexibility index (Phi) is 3.12. The molecule has 0 fully saturated rings. The lowest BCUT2D eigenvalue weighted by Gasteiger charge is -2.15. The van der Waals surface area contributed by atoms with E-state index in [9.17, 15) is 8.78 Å². The molecule has 0 unspecified atom stereocenters. The third-order valence-corrected chi connectivity index (χ3v) is 3.43. The van der Waals surface area contributed by atoms with Crippen LogP contribution in [0.15, 0.2) is 47.5 Å². The van der Waals surface area contributed by atoms with Gasteiger partial charge in [-0.2, -0.15) is 8.78 Å². The van der Waals surface area contributed by atoms with E-state index in [2.05, 4.69) is 4.99 Å². The maximum atomic E-state index is 14.5. The first-order chi connectivity index (χ1) is 10.1. The second-order valence-electron chi connectivity index (χ2n) is 4.62. The van der Waals surface area contributed by atoms with Crippen molar-refractivity contribution in [2.75, 3.05) is 14.2 Å². The summed E-state index contributed by atoms with van der Waals surface area (Å²) >= 11 is 0. The Labute approximate surface area is 120 Å². The molecule has 0 aliphatic carbocycles. The van der Waals surface area contributed by atoms with E-state index in [-0.39, 0.29) is 11.3 Å². The normalized spacial score (nSPS) is 15.3. The molecule has 0 atom stereocenters. The standard InChI is InChI=1S/C16H13F2NO2/c1-20-13-8-7-10(9-14(13)21-2)15-16(17,18)11-5-3-4-6-12(11)19-15/h3-9H,1-2H3. The lowest BCUT2D eigenvalue weighted by atomic mass is 10.00. The summed E-state index contributed by atoms with van der Waals surface area (Å²) in [5.41, 5.74) is 0.264.